The van der Waals surface area contributed by atoms with Crippen LogP contribution >= 0.6 is 7.37 Å². The molecule has 72 valence electrons. The summed E-state index contributed by atoms with van der Waals surface area (Å²) in [5.74, 6) is 0. The number of hydrogen-bond donors (Lipinski definition) is 2. The van der Waals surface area contributed by atoms with Crippen molar-refractivity contribution in [2.75, 3.05) is 6.16 Å². The fraction of sp³-hybridized carbons (Fsp3) is 1.00. The highest BCUT2D eigenvalue weighted by Crippen LogP contribution is 2.56. The second-order valence-corrected chi connectivity index (χ2v) is 6.61. The molecule has 1 fully saturated rings. The van der Waals surface area contributed by atoms with Crippen LogP contribution in [0.1, 0.15) is 39.0 Å². The van der Waals surface area contributed by atoms with Crippen LogP contribution in [0.25, 0.3) is 0 Å². The van der Waals surface area contributed by atoms with Gasteiger partial charge in [-0.2, -0.15) is 0 Å². The van der Waals surface area contributed by atoms with Crippen LogP contribution in [0.4, 0.5) is 0 Å². The molecule has 3 nitrogen and oxygen atoms in total. The smallest absolute Gasteiger partial charge is 0.219 e. The quantitative estimate of drug-likeness (QED) is 0.655. The lowest BCUT2D eigenvalue weighted by Crippen LogP contribution is -2.41. The van der Waals surface area contributed by atoms with E-state index in [-0.39, 0.29) is 0 Å². The Hall–Kier alpha value is 0.150. The van der Waals surface area contributed by atoms with Crippen LogP contribution in [-0.2, 0) is 4.57 Å². The maximum Gasteiger partial charge on any atom is 0.219 e. The lowest BCUT2D eigenvalue weighted by molar-refractivity contribution is 0.342. The van der Waals surface area contributed by atoms with E-state index in [1.165, 1.54) is 0 Å². The Kier molecular flexibility index (Phi) is 2.97. The third-order valence-electron chi connectivity index (χ3n) is 2.84. The molecule has 4 heteroatoms. The molecule has 1 atom stereocenters. The molecule has 0 spiro atoms. The Bertz CT molecular complexity index is 199. The average Bonchev–Trinajstić information content (AvgIpc) is 2.06. The predicted octanol–water partition coefficient (Wildman–Crippen LogP) is 1.90. The first kappa shape index (κ1) is 10.2. The van der Waals surface area contributed by atoms with E-state index in [1.54, 1.807) is 6.92 Å². The molecule has 1 unspecified atom stereocenters. The van der Waals surface area contributed by atoms with E-state index in [4.69, 9.17) is 5.73 Å². The zero-order valence-corrected chi connectivity index (χ0v) is 8.52. The first-order valence-corrected chi connectivity index (χ1v) is 6.47. The van der Waals surface area contributed by atoms with Gasteiger partial charge >= 0.3 is 0 Å². The topological polar surface area (TPSA) is 63.3 Å². The summed E-state index contributed by atoms with van der Waals surface area (Å²) < 4.78 is 11.7. The van der Waals surface area contributed by atoms with E-state index in [9.17, 15) is 9.46 Å². The van der Waals surface area contributed by atoms with Gasteiger partial charge in [0.2, 0.25) is 7.37 Å². The standard InChI is InChI=1S/C8H18NO2P/c1-2-12(10,11)8(9)6-4-3-5-7-8/h2-7,9H2,1H3,(H,10,11). The highest BCUT2D eigenvalue weighted by Gasteiger charge is 2.42. The summed E-state index contributed by atoms with van der Waals surface area (Å²) in [5.41, 5.74) is 5.93. The molecule has 0 aliphatic heterocycles. The van der Waals surface area contributed by atoms with Crippen molar-refractivity contribution in [3.63, 3.8) is 0 Å². The van der Waals surface area contributed by atoms with Gasteiger partial charge in [-0.25, -0.2) is 0 Å². The lowest BCUT2D eigenvalue weighted by Gasteiger charge is -2.36. The summed E-state index contributed by atoms with van der Waals surface area (Å²) in [4.78, 5) is 9.64. The van der Waals surface area contributed by atoms with Crippen molar-refractivity contribution in [2.24, 2.45) is 5.73 Å². The molecule has 0 aromatic carbocycles. The Morgan fingerprint density at radius 3 is 2.33 bits per heavy atom. The molecule has 1 aliphatic rings. The Morgan fingerprint density at radius 1 is 1.42 bits per heavy atom. The van der Waals surface area contributed by atoms with Crippen molar-refractivity contribution in [1.82, 2.24) is 0 Å². The van der Waals surface area contributed by atoms with Gasteiger partial charge in [0, 0.05) is 6.16 Å². The van der Waals surface area contributed by atoms with Crippen LogP contribution in [0.3, 0.4) is 0 Å². The third-order valence-corrected chi connectivity index (χ3v) is 5.54. The largest absolute Gasteiger partial charge is 0.343 e. The molecular weight excluding hydrogens is 173 g/mol. The molecule has 0 radical (unpaired) electrons. The van der Waals surface area contributed by atoms with Crippen LogP contribution in [0.15, 0.2) is 0 Å². The van der Waals surface area contributed by atoms with Crippen LogP contribution in [0.2, 0.25) is 0 Å². The van der Waals surface area contributed by atoms with E-state index < -0.39 is 12.6 Å². The second kappa shape index (κ2) is 3.49. The molecular formula is C8H18NO2P. The predicted molar refractivity (Wildman–Crippen MR) is 50.4 cm³/mol. The van der Waals surface area contributed by atoms with Gasteiger partial charge in [0.15, 0.2) is 0 Å². The van der Waals surface area contributed by atoms with Crippen LogP contribution in [-0.4, -0.2) is 16.3 Å². The van der Waals surface area contributed by atoms with Crippen molar-refractivity contribution in [1.29, 1.82) is 0 Å². The summed E-state index contributed by atoms with van der Waals surface area (Å²) in [6.07, 6.45) is 4.90. The first-order chi connectivity index (χ1) is 5.52. The van der Waals surface area contributed by atoms with E-state index in [0.717, 1.165) is 19.3 Å². The van der Waals surface area contributed by atoms with E-state index >= 15 is 0 Å². The molecule has 0 heterocycles. The minimum atomic E-state index is -3.08. The van der Waals surface area contributed by atoms with Crippen molar-refractivity contribution in [2.45, 2.75) is 44.3 Å². The summed E-state index contributed by atoms with van der Waals surface area (Å²) in [5, 5.41) is -0.764. The van der Waals surface area contributed by atoms with Crippen molar-refractivity contribution in [3.05, 3.63) is 0 Å². The van der Waals surface area contributed by atoms with Gasteiger partial charge in [0.1, 0.15) is 0 Å². The van der Waals surface area contributed by atoms with Crippen molar-refractivity contribution in [3.8, 4) is 0 Å². The molecule has 1 saturated carbocycles. The normalized spacial score (nSPS) is 27.9. The van der Waals surface area contributed by atoms with Gasteiger partial charge in [-0.3, -0.25) is 4.57 Å². The highest BCUT2D eigenvalue weighted by molar-refractivity contribution is 7.59. The Balaban J connectivity index is 2.75. The highest BCUT2D eigenvalue weighted by atomic mass is 31.2. The van der Waals surface area contributed by atoms with Gasteiger partial charge < -0.3 is 10.6 Å². The van der Waals surface area contributed by atoms with E-state index in [2.05, 4.69) is 0 Å². The molecule has 0 bridgehead atoms. The van der Waals surface area contributed by atoms with Gasteiger partial charge in [-0.1, -0.05) is 26.2 Å². The van der Waals surface area contributed by atoms with E-state index in [1.807, 2.05) is 0 Å². The van der Waals surface area contributed by atoms with Crippen molar-refractivity contribution < 1.29 is 9.46 Å². The van der Waals surface area contributed by atoms with Crippen LogP contribution < -0.4 is 5.73 Å². The second-order valence-electron chi connectivity index (χ2n) is 3.68. The Labute approximate surface area is 73.8 Å². The maximum atomic E-state index is 11.7. The summed E-state index contributed by atoms with van der Waals surface area (Å²) in [6, 6.07) is 0. The zero-order chi connectivity index (χ0) is 9.24. The molecule has 12 heavy (non-hydrogen) atoms. The van der Waals surface area contributed by atoms with E-state index in [0.29, 0.717) is 19.0 Å². The zero-order valence-electron chi connectivity index (χ0n) is 7.62. The summed E-state index contributed by atoms with van der Waals surface area (Å²) in [6.45, 7) is 1.74. The van der Waals surface area contributed by atoms with Gasteiger partial charge in [-0.15, -0.1) is 0 Å². The molecule has 0 amide bonds. The molecule has 0 aromatic rings. The van der Waals surface area contributed by atoms with Gasteiger partial charge in [0.25, 0.3) is 0 Å². The number of hydrogen-bond acceptors (Lipinski definition) is 2. The number of rotatable bonds is 2. The molecule has 0 aromatic heterocycles. The average molecular weight is 191 g/mol. The minimum absolute atomic E-state index is 0.309. The van der Waals surface area contributed by atoms with Gasteiger partial charge in [0.05, 0.1) is 5.28 Å². The van der Waals surface area contributed by atoms with Crippen LogP contribution in [0.5, 0.6) is 0 Å². The van der Waals surface area contributed by atoms with Crippen molar-refractivity contribution >= 4 is 7.37 Å². The third kappa shape index (κ3) is 1.73. The maximum absolute atomic E-state index is 11.7. The molecule has 0 saturated heterocycles. The monoisotopic (exact) mass is 191 g/mol. The first-order valence-electron chi connectivity index (χ1n) is 4.63. The fourth-order valence-electron chi connectivity index (χ4n) is 1.83. The Morgan fingerprint density at radius 2 is 1.92 bits per heavy atom. The summed E-state index contributed by atoms with van der Waals surface area (Å²) >= 11 is 0. The molecule has 3 N–H and O–H groups in total. The molecule has 1 rings (SSSR count). The van der Waals surface area contributed by atoms with Gasteiger partial charge in [-0.05, 0) is 12.8 Å². The minimum Gasteiger partial charge on any atom is -0.343 e. The van der Waals surface area contributed by atoms with Crippen LogP contribution in [0, 0.1) is 0 Å². The fourth-order valence-corrected chi connectivity index (χ4v) is 3.47. The SMILES string of the molecule is CCP(=O)(O)C1(N)CCCCC1. The molecule has 1 aliphatic carbocycles. The lowest BCUT2D eigenvalue weighted by atomic mass is 9.95. The number of nitrogens with two attached hydrogens (primary N) is 1. The summed E-state index contributed by atoms with van der Waals surface area (Å²) in [7, 11) is -3.08.